The number of carbonyl (C=O) groups excluding carboxylic acids is 4. The number of esters is 2. The van der Waals surface area contributed by atoms with Crippen molar-refractivity contribution in [1.82, 2.24) is 20.4 Å². The maximum atomic E-state index is 12.6. The second-order valence-corrected chi connectivity index (χ2v) is 10.7. The number of carbonyl (C=O) groups is 4. The zero-order chi connectivity index (χ0) is 26.5. The predicted octanol–water partition coefficient (Wildman–Crippen LogP) is 1.33. The highest BCUT2D eigenvalue weighted by molar-refractivity contribution is 6.29. The Bertz CT molecular complexity index is 669. The zero-order valence-corrected chi connectivity index (χ0v) is 22.6. The van der Waals surface area contributed by atoms with Gasteiger partial charge in [0.05, 0.1) is 0 Å². The van der Waals surface area contributed by atoms with Gasteiger partial charge in [-0.15, -0.1) is 0 Å². The van der Waals surface area contributed by atoms with Gasteiger partial charge >= 0.3 is 11.9 Å². The van der Waals surface area contributed by atoms with Gasteiger partial charge in [-0.25, -0.2) is 9.59 Å². The van der Waals surface area contributed by atoms with Crippen molar-refractivity contribution >= 4 is 23.8 Å². The SMILES string of the molecule is CN(C)CCNC(=O)CC1CCCCC1OC(=O)C(=O)OC1CCCCC1CC(=O)NCCN(C)C. The quantitative estimate of drug-likeness (QED) is 0.298. The van der Waals surface area contributed by atoms with E-state index in [2.05, 4.69) is 10.6 Å². The lowest BCUT2D eigenvalue weighted by atomic mass is 9.84. The molecule has 2 aliphatic rings. The van der Waals surface area contributed by atoms with Crippen molar-refractivity contribution in [3.63, 3.8) is 0 Å². The molecule has 0 aromatic heterocycles. The van der Waals surface area contributed by atoms with E-state index in [4.69, 9.17) is 9.47 Å². The molecule has 2 amide bonds. The van der Waals surface area contributed by atoms with Gasteiger partial charge in [0, 0.05) is 50.9 Å². The Morgan fingerprint density at radius 1 is 0.639 bits per heavy atom. The van der Waals surface area contributed by atoms with Crippen molar-refractivity contribution in [2.24, 2.45) is 11.8 Å². The number of likely N-dealkylation sites (N-methyl/N-ethyl adjacent to an activating group) is 2. The summed E-state index contributed by atoms with van der Waals surface area (Å²) in [6.07, 6.45) is 6.14. The molecule has 2 aliphatic carbocycles. The van der Waals surface area contributed by atoms with Gasteiger partial charge in [0.2, 0.25) is 11.8 Å². The summed E-state index contributed by atoms with van der Waals surface area (Å²) in [6.45, 7) is 2.62. The molecule has 2 N–H and O–H groups in total. The first-order valence-electron chi connectivity index (χ1n) is 13.4. The molecule has 0 aromatic rings. The fraction of sp³-hybridized carbons (Fsp3) is 0.846. The van der Waals surface area contributed by atoms with E-state index >= 15 is 0 Å². The Balaban J connectivity index is 1.83. The van der Waals surface area contributed by atoms with Gasteiger partial charge in [0.1, 0.15) is 12.2 Å². The van der Waals surface area contributed by atoms with Gasteiger partial charge in [-0.05, 0) is 66.7 Å². The van der Waals surface area contributed by atoms with Crippen LogP contribution in [0.15, 0.2) is 0 Å². The molecule has 0 bridgehead atoms. The van der Waals surface area contributed by atoms with E-state index in [-0.39, 0.29) is 36.5 Å². The monoisotopic (exact) mass is 510 g/mol. The summed E-state index contributed by atoms with van der Waals surface area (Å²) < 4.78 is 11.1. The van der Waals surface area contributed by atoms with Crippen LogP contribution in [0.5, 0.6) is 0 Å². The minimum atomic E-state index is -1.00. The molecule has 10 nitrogen and oxygen atoms in total. The standard InChI is InChI=1S/C26H46N4O6/c1-29(2)15-13-27-23(31)17-19-9-5-7-11-21(19)35-25(33)26(34)36-22-12-8-6-10-20(22)18-24(32)28-14-16-30(3)4/h19-22H,5-18H2,1-4H3,(H,27,31)(H,28,32). The fourth-order valence-corrected chi connectivity index (χ4v) is 4.95. The summed E-state index contributed by atoms with van der Waals surface area (Å²) in [4.78, 5) is 53.9. The third-order valence-electron chi connectivity index (χ3n) is 7.02. The number of rotatable bonds is 12. The molecular formula is C26H46N4O6. The second-order valence-electron chi connectivity index (χ2n) is 10.7. The van der Waals surface area contributed by atoms with Gasteiger partial charge < -0.3 is 29.9 Å². The summed E-state index contributed by atoms with van der Waals surface area (Å²) in [6, 6.07) is 0. The van der Waals surface area contributed by atoms with Crippen molar-refractivity contribution in [2.45, 2.75) is 76.4 Å². The van der Waals surface area contributed by atoms with Crippen LogP contribution in [0, 0.1) is 11.8 Å². The number of ether oxygens (including phenoxy) is 2. The lowest BCUT2D eigenvalue weighted by Crippen LogP contribution is -2.40. The first kappa shape index (κ1) is 30.0. The lowest BCUT2D eigenvalue weighted by Gasteiger charge is -2.32. The molecule has 0 aliphatic heterocycles. The molecule has 0 spiro atoms. The summed E-state index contributed by atoms with van der Waals surface area (Å²) in [7, 11) is 7.77. The highest BCUT2D eigenvalue weighted by atomic mass is 16.6. The maximum Gasteiger partial charge on any atom is 0.417 e. The lowest BCUT2D eigenvalue weighted by molar-refractivity contribution is -0.179. The Morgan fingerprint density at radius 2 is 1.00 bits per heavy atom. The van der Waals surface area contributed by atoms with Crippen molar-refractivity contribution in [1.29, 1.82) is 0 Å². The van der Waals surface area contributed by atoms with E-state index in [1.165, 1.54) is 0 Å². The molecule has 0 heterocycles. The molecular weight excluding hydrogens is 464 g/mol. The van der Waals surface area contributed by atoms with Crippen molar-refractivity contribution in [3.8, 4) is 0 Å². The van der Waals surface area contributed by atoms with Crippen LogP contribution in [0.4, 0.5) is 0 Å². The molecule has 0 radical (unpaired) electrons. The number of hydrogen-bond donors (Lipinski definition) is 2. The number of amides is 2. The van der Waals surface area contributed by atoms with Crippen LogP contribution in [0.25, 0.3) is 0 Å². The van der Waals surface area contributed by atoms with Gasteiger partial charge in [0.25, 0.3) is 0 Å². The van der Waals surface area contributed by atoms with Crippen LogP contribution < -0.4 is 10.6 Å². The largest absolute Gasteiger partial charge is 0.454 e. The third kappa shape index (κ3) is 11.2. The molecule has 4 unspecified atom stereocenters. The van der Waals surface area contributed by atoms with E-state index in [9.17, 15) is 19.2 Å². The van der Waals surface area contributed by atoms with Gasteiger partial charge in [-0.1, -0.05) is 12.8 Å². The molecule has 10 heteroatoms. The van der Waals surface area contributed by atoms with E-state index in [0.29, 0.717) is 25.9 Å². The van der Waals surface area contributed by atoms with Crippen molar-refractivity contribution in [2.75, 3.05) is 54.4 Å². The summed E-state index contributed by atoms with van der Waals surface area (Å²) in [5.74, 6) is -2.35. The van der Waals surface area contributed by atoms with Gasteiger partial charge in [0.15, 0.2) is 0 Å². The minimum Gasteiger partial charge on any atom is -0.454 e. The Hall–Kier alpha value is -2.20. The Labute approximate surface area is 215 Å². The van der Waals surface area contributed by atoms with E-state index < -0.39 is 24.1 Å². The van der Waals surface area contributed by atoms with E-state index in [1.54, 1.807) is 0 Å². The highest BCUT2D eigenvalue weighted by Crippen LogP contribution is 2.31. The topological polar surface area (TPSA) is 117 Å². The second kappa shape index (κ2) is 15.8. The van der Waals surface area contributed by atoms with E-state index in [0.717, 1.165) is 51.6 Å². The van der Waals surface area contributed by atoms with Crippen LogP contribution in [0.1, 0.15) is 64.2 Å². The molecule has 36 heavy (non-hydrogen) atoms. The first-order valence-corrected chi connectivity index (χ1v) is 13.4. The molecule has 0 saturated heterocycles. The summed E-state index contributed by atoms with van der Waals surface area (Å²) in [5, 5.41) is 5.81. The maximum absolute atomic E-state index is 12.6. The Morgan fingerprint density at radius 3 is 1.36 bits per heavy atom. The molecule has 2 rings (SSSR count). The highest BCUT2D eigenvalue weighted by Gasteiger charge is 2.35. The molecule has 206 valence electrons. The number of nitrogens with one attached hydrogen (secondary N) is 2. The molecule has 0 aromatic carbocycles. The third-order valence-corrected chi connectivity index (χ3v) is 7.02. The van der Waals surface area contributed by atoms with E-state index in [1.807, 2.05) is 38.0 Å². The van der Waals surface area contributed by atoms with Crippen molar-refractivity contribution in [3.05, 3.63) is 0 Å². The fourth-order valence-electron chi connectivity index (χ4n) is 4.95. The van der Waals surface area contributed by atoms with Gasteiger partial charge in [-0.2, -0.15) is 0 Å². The normalized spacial score (nSPS) is 24.3. The first-order chi connectivity index (χ1) is 17.2. The van der Waals surface area contributed by atoms with Crippen molar-refractivity contribution < 1.29 is 28.7 Å². The summed E-state index contributed by atoms with van der Waals surface area (Å²) in [5.41, 5.74) is 0. The average Bonchev–Trinajstić information content (AvgIpc) is 2.81. The van der Waals surface area contributed by atoms with Crippen LogP contribution in [-0.4, -0.2) is 100 Å². The van der Waals surface area contributed by atoms with Crippen LogP contribution >= 0.6 is 0 Å². The number of nitrogens with zero attached hydrogens (tertiary/aromatic N) is 2. The Kier molecular flexibility index (Phi) is 13.2. The predicted molar refractivity (Wildman–Crippen MR) is 136 cm³/mol. The van der Waals surface area contributed by atoms with Gasteiger partial charge in [-0.3, -0.25) is 9.59 Å². The minimum absolute atomic E-state index is 0.0683. The smallest absolute Gasteiger partial charge is 0.417 e. The molecule has 2 fully saturated rings. The molecule has 4 atom stereocenters. The molecule has 2 saturated carbocycles. The van der Waals surface area contributed by atoms with Crippen LogP contribution in [0.2, 0.25) is 0 Å². The summed E-state index contributed by atoms with van der Waals surface area (Å²) >= 11 is 0. The van der Waals surface area contributed by atoms with Crippen LogP contribution in [0.3, 0.4) is 0 Å². The number of hydrogen-bond acceptors (Lipinski definition) is 8. The average molecular weight is 511 g/mol. The zero-order valence-electron chi connectivity index (χ0n) is 22.6. The van der Waals surface area contributed by atoms with Crippen LogP contribution in [-0.2, 0) is 28.7 Å².